The molecule has 0 saturated heterocycles. The van der Waals surface area contributed by atoms with E-state index in [1.807, 2.05) is 19.1 Å². The molecule has 0 aromatic heterocycles. The SMILES string of the molecule is CCOc1ccc(O[C@@H](C)C(=O)NNC(=O)CCSc2ccc(Cl)cc2)cc1. The summed E-state index contributed by atoms with van der Waals surface area (Å²) < 4.78 is 10.9. The summed E-state index contributed by atoms with van der Waals surface area (Å²) in [4.78, 5) is 24.9. The van der Waals surface area contributed by atoms with Crippen LogP contribution in [0.25, 0.3) is 0 Å². The molecule has 8 heteroatoms. The summed E-state index contributed by atoms with van der Waals surface area (Å²) >= 11 is 7.37. The second-order valence-corrected chi connectivity index (χ2v) is 7.36. The summed E-state index contributed by atoms with van der Waals surface area (Å²) in [6.45, 7) is 4.09. The first kappa shape index (κ1) is 21.9. The van der Waals surface area contributed by atoms with E-state index < -0.39 is 12.0 Å². The maximum Gasteiger partial charge on any atom is 0.279 e. The van der Waals surface area contributed by atoms with E-state index in [2.05, 4.69) is 10.9 Å². The van der Waals surface area contributed by atoms with Crippen LogP contribution in [0.3, 0.4) is 0 Å². The number of halogens is 1. The summed E-state index contributed by atoms with van der Waals surface area (Å²) in [5.74, 6) is 1.14. The highest BCUT2D eigenvalue weighted by Crippen LogP contribution is 2.21. The topological polar surface area (TPSA) is 76.7 Å². The van der Waals surface area contributed by atoms with Gasteiger partial charge in [0.1, 0.15) is 11.5 Å². The Morgan fingerprint density at radius 2 is 1.68 bits per heavy atom. The molecule has 28 heavy (non-hydrogen) atoms. The van der Waals surface area contributed by atoms with E-state index in [0.717, 1.165) is 10.6 Å². The largest absolute Gasteiger partial charge is 0.494 e. The van der Waals surface area contributed by atoms with Crippen molar-refractivity contribution >= 4 is 35.2 Å². The molecule has 0 radical (unpaired) electrons. The molecule has 0 aliphatic rings. The van der Waals surface area contributed by atoms with Gasteiger partial charge in [-0.15, -0.1) is 11.8 Å². The monoisotopic (exact) mass is 422 g/mol. The molecule has 0 aliphatic heterocycles. The normalized spacial score (nSPS) is 11.4. The number of carbonyl (C=O) groups is 2. The third-order valence-corrected chi connectivity index (χ3v) is 4.82. The first-order valence-corrected chi connectivity index (χ1v) is 10.2. The molecule has 150 valence electrons. The van der Waals surface area contributed by atoms with Crippen LogP contribution in [0.2, 0.25) is 5.02 Å². The van der Waals surface area contributed by atoms with Crippen LogP contribution in [0.4, 0.5) is 0 Å². The number of rotatable bonds is 9. The van der Waals surface area contributed by atoms with Crippen LogP contribution in [0.15, 0.2) is 53.4 Å². The number of nitrogens with one attached hydrogen (secondary N) is 2. The lowest BCUT2D eigenvalue weighted by Crippen LogP contribution is -2.47. The first-order chi connectivity index (χ1) is 13.5. The van der Waals surface area contributed by atoms with Crippen LogP contribution in [-0.2, 0) is 9.59 Å². The summed E-state index contributed by atoms with van der Waals surface area (Å²) in [6, 6.07) is 14.4. The highest BCUT2D eigenvalue weighted by molar-refractivity contribution is 7.99. The van der Waals surface area contributed by atoms with E-state index in [4.69, 9.17) is 21.1 Å². The van der Waals surface area contributed by atoms with Gasteiger partial charge in [0.25, 0.3) is 5.91 Å². The van der Waals surface area contributed by atoms with Gasteiger partial charge < -0.3 is 9.47 Å². The van der Waals surface area contributed by atoms with Gasteiger partial charge >= 0.3 is 0 Å². The van der Waals surface area contributed by atoms with Crippen LogP contribution in [0.1, 0.15) is 20.3 Å². The second kappa shape index (κ2) is 11.5. The Kier molecular flexibility index (Phi) is 8.97. The van der Waals surface area contributed by atoms with E-state index in [9.17, 15) is 9.59 Å². The number of hydrazine groups is 1. The van der Waals surface area contributed by atoms with Gasteiger partial charge in [-0.05, 0) is 62.4 Å². The van der Waals surface area contributed by atoms with Gasteiger partial charge in [-0.1, -0.05) is 11.6 Å². The van der Waals surface area contributed by atoms with Crippen LogP contribution < -0.4 is 20.3 Å². The Hall–Kier alpha value is -2.38. The number of ether oxygens (including phenoxy) is 2. The standard InChI is InChI=1S/C20H23ClN2O4S/c1-3-26-16-6-8-17(9-7-16)27-14(2)20(25)23-22-19(24)12-13-28-18-10-4-15(21)5-11-18/h4-11,14H,3,12-13H2,1-2H3,(H,22,24)(H,23,25)/t14-/m0/s1. The van der Waals surface area contributed by atoms with Crippen LogP contribution >= 0.6 is 23.4 Å². The van der Waals surface area contributed by atoms with Crippen molar-refractivity contribution in [2.75, 3.05) is 12.4 Å². The summed E-state index contributed by atoms with van der Waals surface area (Å²) in [7, 11) is 0. The molecule has 0 fully saturated rings. The molecule has 1 atom stereocenters. The minimum atomic E-state index is -0.762. The molecule has 2 amide bonds. The number of amides is 2. The van der Waals surface area contributed by atoms with Crippen molar-refractivity contribution in [2.45, 2.75) is 31.3 Å². The van der Waals surface area contributed by atoms with Crippen LogP contribution in [0, 0.1) is 0 Å². The summed E-state index contributed by atoms with van der Waals surface area (Å²) in [6.07, 6.45) is -0.497. The minimum Gasteiger partial charge on any atom is -0.494 e. The van der Waals surface area contributed by atoms with Crippen molar-refractivity contribution in [3.05, 3.63) is 53.6 Å². The number of carbonyl (C=O) groups excluding carboxylic acids is 2. The maximum atomic E-state index is 12.1. The molecule has 2 N–H and O–H groups in total. The van der Waals surface area contributed by atoms with Crippen LogP contribution in [0.5, 0.6) is 11.5 Å². The highest BCUT2D eigenvalue weighted by atomic mass is 35.5. The molecule has 0 aliphatic carbocycles. The van der Waals surface area contributed by atoms with Gasteiger partial charge in [0.15, 0.2) is 6.10 Å². The highest BCUT2D eigenvalue weighted by Gasteiger charge is 2.15. The third-order valence-electron chi connectivity index (χ3n) is 3.55. The molecular formula is C20H23ClN2O4S. The Balaban J connectivity index is 1.67. The zero-order chi connectivity index (χ0) is 20.4. The third kappa shape index (κ3) is 7.70. The predicted molar refractivity (Wildman–Crippen MR) is 111 cm³/mol. The molecule has 6 nitrogen and oxygen atoms in total. The number of benzene rings is 2. The molecule has 0 bridgehead atoms. The molecule has 0 heterocycles. The molecule has 0 saturated carbocycles. The quantitative estimate of drug-likeness (QED) is 0.474. The predicted octanol–water partition coefficient (Wildman–Crippen LogP) is 3.84. The molecule has 2 aromatic rings. The fourth-order valence-corrected chi connectivity index (χ4v) is 3.10. The first-order valence-electron chi connectivity index (χ1n) is 8.84. The Morgan fingerprint density at radius 1 is 1.04 bits per heavy atom. The fraction of sp³-hybridized carbons (Fsp3) is 0.300. The van der Waals surface area contributed by atoms with E-state index in [-0.39, 0.29) is 12.3 Å². The van der Waals surface area contributed by atoms with Gasteiger partial charge in [0, 0.05) is 22.1 Å². The van der Waals surface area contributed by atoms with Crippen molar-refractivity contribution in [3.63, 3.8) is 0 Å². The van der Waals surface area contributed by atoms with Crippen molar-refractivity contribution in [2.24, 2.45) is 0 Å². The number of hydrogen-bond acceptors (Lipinski definition) is 5. The lowest BCUT2D eigenvalue weighted by molar-refractivity contribution is -0.132. The molecule has 2 rings (SSSR count). The smallest absolute Gasteiger partial charge is 0.279 e. The zero-order valence-electron chi connectivity index (χ0n) is 15.7. The fourth-order valence-electron chi connectivity index (χ4n) is 2.13. The van der Waals surface area contributed by atoms with Crippen molar-refractivity contribution < 1.29 is 19.1 Å². The van der Waals surface area contributed by atoms with Gasteiger partial charge in [-0.3, -0.25) is 20.4 Å². The number of thioether (sulfide) groups is 1. The van der Waals surface area contributed by atoms with E-state index in [0.29, 0.717) is 23.1 Å². The maximum absolute atomic E-state index is 12.1. The Morgan fingerprint density at radius 3 is 2.32 bits per heavy atom. The van der Waals surface area contributed by atoms with Gasteiger partial charge in [-0.25, -0.2) is 0 Å². The second-order valence-electron chi connectivity index (χ2n) is 5.75. The molecule has 2 aromatic carbocycles. The van der Waals surface area contributed by atoms with Crippen molar-refractivity contribution in [3.8, 4) is 11.5 Å². The average Bonchev–Trinajstić information content (AvgIpc) is 2.69. The van der Waals surface area contributed by atoms with Crippen molar-refractivity contribution in [1.29, 1.82) is 0 Å². The minimum absolute atomic E-state index is 0.266. The average molecular weight is 423 g/mol. The molecular weight excluding hydrogens is 400 g/mol. The number of hydrogen-bond donors (Lipinski definition) is 2. The van der Waals surface area contributed by atoms with E-state index in [1.54, 1.807) is 43.3 Å². The summed E-state index contributed by atoms with van der Waals surface area (Å²) in [5, 5.41) is 0.673. The van der Waals surface area contributed by atoms with Gasteiger partial charge in [0.05, 0.1) is 6.61 Å². The summed E-state index contributed by atoms with van der Waals surface area (Å²) in [5.41, 5.74) is 4.77. The lowest BCUT2D eigenvalue weighted by Gasteiger charge is -2.15. The molecule has 0 spiro atoms. The van der Waals surface area contributed by atoms with E-state index >= 15 is 0 Å². The van der Waals surface area contributed by atoms with Gasteiger partial charge in [-0.2, -0.15) is 0 Å². The van der Waals surface area contributed by atoms with Gasteiger partial charge in [0.2, 0.25) is 5.91 Å². The lowest BCUT2D eigenvalue weighted by atomic mass is 10.3. The van der Waals surface area contributed by atoms with Crippen molar-refractivity contribution in [1.82, 2.24) is 10.9 Å². The Labute approximate surface area is 173 Å². The van der Waals surface area contributed by atoms with E-state index in [1.165, 1.54) is 11.8 Å². The van der Waals surface area contributed by atoms with Crippen LogP contribution in [-0.4, -0.2) is 30.3 Å². The Bertz CT molecular complexity index is 769. The molecule has 0 unspecified atom stereocenters. The zero-order valence-corrected chi connectivity index (χ0v) is 17.3.